The second-order valence-electron chi connectivity index (χ2n) is 4.43. The van der Waals surface area contributed by atoms with Crippen molar-refractivity contribution in [1.29, 1.82) is 0 Å². The summed E-state index contributed by atoms with van der Waals surface area (Å²) in [5.41, 5.74) is 2.65. The van der Waals surface area contributed by atoms with Gasteiger partial charge in [-0.15, -0.1) is 0 Å². The van der Waals surface area contributed by atoms with Gasteiger partial charge in [0, 0.05) is 25.3 Å². The highest BCUT2D eigenvalue weighted by Crippen LogP contribution is 2.25. The molecule has 1 N–H and O–H groups in total. The van der Waals surface area contributed by atoms with Gasteiger partial charge in [0.1, 0.15) is 5.76 Å². The number of nitrogens with zero attached hydrogens (tertiary/aromatic N) is 1. The van der Waals surface area contributed by atoms with Crippen molar-refractivity contribution in [2.75, 3.05) is 18.0 Å². The Morgan fingerprint density at radius 2 is 2.11 bits per heavy atom. The number of fused-ring (bicyclic) bond motifs is 1. The van der Waals surface area contributed by atoms with E-state index in [4.69, 9.17) is 4.42 Å². The number of anilines is 1. The van der Waals surface area contributed by atoms with Crippen molar-refractivity contribution in [3.8, 4) is 0 Å². The Hall–Kier alpha value is -1.26. The first-order valence-corrected chi connectivity index (χ1v) is 6.90. The zero-order valence-electron chi connectivity index (χ0n) is 10.0. The van der Waals surface area contributed by atoms with Crippen LogP contribution in [-0.4, -0.2) is 13.1 Å². The molecule has 0 amide bonds. The summed E-state index contributed by atoms with van der Waals surface area (Å²) in [6, 6.07) is 12.5. The molecule has 2 aromatic rings. The average molecular weight is 307 g/mol. The molecule has 0 fully saturated rings. The molecule has 3 nitrogen and oxygen atoms in total. The molecule has 2 heterocycles. The molecule has 1 aliphatic heterocycles. The number of para-hydroxylation sites is 1. The molecule has 3 rings (SSSR count). The van der Waals surface area contributed by atoms with Crippen LogP contribution in [0.4, 0.5) is 5.69 Å². The predicted octanol–water partition coefficient (Wildman–Crippen LogP) is 3.15. The predicted molar refractivity (Wildman–Crippen MR) is 75.6 cm³/mol. The van der Waals surface area contributed by atoms with E-state index < -0.39 is 0 Å². The van der Waals surface area contributed by atoms with E-state index in [-0.39, 0.29) is 0 Å². The van der Waals surface area contributed by atoms with Gasteiger partial charge in [-0.05, 0) is 39.7 Å². The first-order chi connectivity index (χ1) is 8.83. The Bertz CT molecular complexity index is 538. The number of furan rings is 1. The summed E-state index contributed by atoms with van der Waals surface area (Å²) in [6.45, 7) is 3.74. The molecule has 0 aliphatic carbocycles. The standard InChI is InChI=1S/C14H15BrN2O/c15-14-6-5-12(18-14)10-17-8-7-16-9-11-3-1-2-4-13(11)17/h1-6,16H,7-10H2. The van der Waals surface area contributed by atoms with Crippen LogP contribution in [-0.2, 0) is 13.1 Å². The SMILES string of the molecule is Brc1ccc(CN2CCNCc3ccccc32)o1. The van der Waals surface area contributed by atoms with Crippen LogP contribution in [0.15, 0.2) is 45.5 Å². The van der Waals surface area contributed by atoms with Crippen molar-refractivity contribution in [3.63, 3.8) is 0 Å². The molecule has 0 atom stereocenters. The largest absolute Gasteiger partial charge is 0.452 e. The monoisotopic (exact) mass is 306 g/mol. The Balaban J connectivity index is 1.87. The van der Waals surface area contributed by atoms with Crippen LogP contribution < -0.4 is 10.2 Å². The van der Waals surface area contributed by atoms with Gasteiger partial charge in [0.15, 0.2) is 4.67 Å². The van der Waals surface area contributed by atoms with E-state index in [1.807, 2.05) is 12.1 Å². The molecule has 0 spiro atoms. The number of rotatable bonds is 2. The number of hydrogen-bond donors (Lipinski definition) is 1. The topological polar surface area (TPSA) is 28.4 Å². The van der Waals surface area contributed by atoms with E-state index in [9.17, 15) is 0 Å². The minimum atomic E-state index is 0.790. The lowest BCUT2D eigenvalue weighted by molar-refractivity contribution is 0.481. The van der Waals surface area contributed by atoms with E-state index in [1.165, 1.54) is 11.3 Å². The van der Waals surface area contributed by atoms with Crippen LogP contribution in [0.5, 0.6) is 0 Å². The van der Waals surface area contributed by atoms with Crippen molar-refractivity contribution in [2.45, 2.75) is 13.1 Å². The molecule has 0 saturated carbocycles. The fraction of sp³-hybridized carbons (Fsp3) is 0.286. The van der Waals surface area contributed by atoms with Gasteiger partial charge in [0.05, 0.1) is 6.54 Å². The van der Waals surface area contributed by atoms with E-state index in [1.54, 1.807) is 0 Å². The molecular formula is C14H15BrN2O. The zero-order chi connectivity index (χ0) is 12.4. The fourth-order valence-electron chi connectivity index (χ4n) is 2.32. The minimum absolute atomic E-state index is 0.790. The lowest BCUT2D eigenvalue weighted by atomic mass is 10.1. The molecule has 1 aromatic carbocycles. The molecule has 18 heavy (non-hydrogen) atoms. The lowest BCUT2D eigenvalue weighted by Gasteiger charge is -2.23. The fourth-order valence-corrected chi connectivity index (χ4v) is 2.66. The number of nitrogens with one attached hydrogen (secondary N) is 1. The van der Waals surface area contributed by atoms with Crippen LogP contribution in [0, 0.1) is 0 Å². The van der Waals surface area contributed by atoms with Crippen LogP contribution in [0.2, 0.25) is 0 Å². The van der Waals surface area contributed by atoms with Gasteiger partial charge in [-0.2, -0.15) is 0 Å². The highest BCUT2D eigenvalue weighted by atomic mass is 79.9. The van der Waals surface area contributed by atoms with Gasteiger partial charge in [-0.1, -0.05) is 18.2 Å². The number of hydrogen-bond acceptors (Lipinski definition) is 3. The van der Waals surface area contributed by atoms with E-state index in [0.717, 1.165) is 36.6 Å². The second kappa shape index (κ2) is 5.16. The van der Waals surface area contributed by atoms with Gasteiger partial charge < -0.3 is 14.6 Å². The third-order valence-corrected chi connectivity index (χ3v) is 3.61. The van der Waals surface area contributed by atoms with Crippen molar-refractivity contribution in [2.24, 2.45) is 0 Å². The van der Waals surface area contributed by atoms with Crippen molar-refractivity contribution in [3.05, 3.63) is 52.4 Å². The van der Waals surface area contributed by atoms with Crippen LogP contribution >= 0.6 is 15.9 Å². The summed E-state index contributed by atoms with van der Waals surface area (Å²) in [6.07, 6.45) is 0. The Morgan fingerprint density at radius 3 is 2.94 bits per heavy atom. The normalized spacial score (nSPS) is 15.3. The summed E-state index contributed by atoms with van der Waals surface area (Å²) in [5, 5.41) is 3.44. The zero-order valence-corrected chi connectivity index (χ0v) is 11.6. The van der Waals surface area contributed by atoms with Crippen LogP contribution in [0.25, 0.3) is 0 Å². The second-order valence-corrected chi connectivity index (χ2v) is 5.21. The lowest BCUT2D eigenvalue weighted by Crippen LogP contribution is -2.28. The van der Waals surface area contributed by atoms with E-state index >= 15 is 0 Å². The van der Waals surface area contributed by atoms with Gasteiger partial charge in [0.25, 0.3) is 0 Å². The van der Waals surface area contributed by atoms with E-state index in [0.29, 0.717) is 0 Å². The molecule has 4 heteroatoms. The Labute approximate surface area is 115 Å². The summed E-state index contributed by atoms with van der Waals surface area (Å²) < 4.78 is 6.39. The van der Waals surface area contributed by atoms with Gasteiger partial charge >= 0.3 is 0 Å². The smallest absolute Gasteiger partial charge is 0.169 e. The molecule has 0 radical (unpaired) electrons. The van der Waals surface area contributed by atoms with Gasteiger partial charge in [-0.3, -0.25) is 0 Å². The molecule has 0 bridgehead atoms. The molecule has 1 aromatic heterocycles. The summed E-state index contributed by atoms with van der Waals surface area (Å²) in [4.78, 5) is 2.36. The van der Waals surface area contributed by atoms with Crippen molar-refractivity contribution < 1.29 is 4.42 Å². The average Bonchev–Trinajstić information content (AvgIpc) is 2.68. The number of halogens is 1. The van der Waals surface area contributed by atoms with E-state index in [2.05, 4.69) is 50.4 Å². The Kier molecular flexibility index (Phi) is 3.39. The van der Waals surface area contributed by atoms with Crippen molar-refractivity contribution in [1.82, 2.24) is 5.32 Å². The maximum absolute atomic E-state index is 5.60. The van der Waals surface area contributed by atoms with Crippen molar-refractivity contribution >= 4 is 21.6 Å². The first kappa shape index (κ1) is 11.8. The van der Waals surface area contributed by atoms with Gasteiger partial charge in [0.2, 0.25) is 0 Å². The molecule has 94 valence electrons. The summed E-state index contributed by atoms with van der Waals surface area (Å²) >= 11 is 3.35. The Morgan fingerprint density at radius 1 is 1.22 bits per heavy atom. The highest BCUT2D eigenvalue weighted by Gasteiger charge is 2.15. The molecule has 0 saturated heterocycles. The molecular weight excluding hydrogens is 292 g/mol. The molecule has 1 aliphatic rings. The van der Waals surface area contributed by atoms with Crippen LogP contribution in [0.1, 0.15) is 11.3 Å². The minimum Gasteiger partial charge on any atom is -0.452 e. The quantitative estimate of drug-likeness (QED) is 0.924. The van der Waals surface area contributed by atoms with Gasteiger partial charge in [-0.25, -0.2) is 0 Å². The summed E-state index contributed by atoms with van der Waals surface area (Å²) in [5.74, 6) is 0.985. The summed E-state index contributed by atoms with van der Waals surface area (Å²) in [7, 11) is 0. The third kappa shape index (κ3) is 2.44. The van der Waals surface area contributed by atoms with Crippen LogP contribution in [0.3, 0.4) is 0 Å². The first-order valence-electron chi connectivity index (χ1n) is 6.11. The third-order valence-electron chi connectivity index (χ3n) is 3.18. The highest BCUT2D eigenvalue weighted by molar-refractivity contribution is 9.10. The maximum Gasteiger partial charge on any atom is 0.169 e. The number of benzene rings is 1. The maximum atomic E-state index is 5.60. The molecule has 0 unspecified atom stereocenters.